The van der Waals surface area contributed by atoms with E-state index < -0.39 is 8.80 Å². The second-order valence-electron chi connectivity index (χ2n) is 4.49. The van der Waals surface area contributed by atoms with Crippen LogP contribution in [0.1, 0.15) is 24.8 Å². The lowest BCUT2D eigenvalue weighted by Gasteiger charge is -2.24. The van der Waals surface area contributed by atoms with Crippen LogP contribution < -0.4 is 0 Å². The standard InChI is InChI=1S/C14H23FO3Si/c1-16-19(17-2,18-3)11-6-4-5-8-13-9-7-10-14(15)12-13/h7,9-10,12H,4-6,8,11H2,1-3H3. The van der Waals surface area contributed by atoms with E-state index in [1.165, 1.54) is 6.07 Å². The maximum atomic E-state index is 13.0. The number of aryl methyl sites for hydroxylation is 1. The maximum Gasteiger partial charge on any atom is 0.500 e. The third-order valence-electron chi connectivity index (χ3n) is 3.27. The molecule has 19 heavy (non-hydrogen) atoms. The first-order valence-electron chi connectivity index (χ1n) is 6.55. The van der Waals surface area contributed by atoms with Crippen molar-refractivity contribution in [1.29, 1.82) is 0 Å². The van der Waals surface area contributed by atoms with Crippen molar-refractivity contribution in [3.8, 4) is 0 Å². The molecule has 0 atom stereocenters. The summed E-state index contributed by atoms with van der Waals surface area (Å²) >= 11 is 0. The van der Waals surface area contributed by atoms with Crippen LogP contribution in [0.3, 0.4) is 0 Å². The summed E-state index contributed by atoms with van der Waals surface area (Å²) in [6.07, 6.45) is 3.99. The predicted octanol–water partition coefficient (Wildman–Crippen LogP) is 3.42. The predicted molar refractivity (Wildman–Crippen MR) is 75.5 cm³/mol. The molecule has 0 spiro atoms. The highest BCUT2D eigenvalue weighted by Crippen LogP contribution is 2.18. The van der Waals surface area contributed by atoms with Gasteiger partial charge in [-0.05, 0) is 37.0 Å². The monoisotopic (exact) mass is 286 g/mol. The first-order chi connectivity index (χ1) is 9.15. The molecule has 0 bridgehead atoms. The molecule has 0 N–H and O–H groups in total. The zero-order valence-corrected chi connectivity index (χ0v) is 12.9. The van der Waals surface area contributed by atoms with Crippen LogP contribution in [0.25, 0.3) is 0 Å². The molecule has 0 aliphatic rings. The minimum Gasteiger partial charge on any atom is -0.377 e. The molecule has 1 rings (SSSR count). The summed E-state index contributed by atoms with van der Waals surface area (Å²) in [5.41, 5.74) is 1.05. The van der Waals surface area contributed by atoms with Crippen LogP contribution in [0.2, 0.25) is 6.04 Å². The molecule has 0 saturated carbocycles. The van der Waals surface area contributed by atoms with Gasteiger partial charge < -0.3 is 13.3 Å². The lowest BCUT2D eigenvalue weighted by atomic mass is 10.1. The van der Waals surface area contributed by atoms with Crippen LogP contribution in [-0.4, -0.2) is 30.1 Å². The zero-order chi connectivity index (χ0) is 14.1. The summed E-state index contributed by atoms with van der Waals surface area (Å²) in [4.78, 5) is 0. The number of hydrogen-bond donors (Lipinski definition) is 0. The van der Waals surface area contributed by atoms with Crippen molar-refractivity contribution < 1.29 is 17.7 Å². The van der Waals surface area contributed by atoms with Gasteiger partial charge in [0.1, 0.15) is 5.82 Å². The molecule has 1 aromatic carbocycles. The summed E-state index contributed by atoms with van der Waals surface area (Å²) in [5, 5.41) is 0. The van der Waals surface area contributed by atoms with Crippen LogP contribution in [0.4, 0.5) is 4.39 Å². The Morgan fingerprint density at radius 3 is 2.26 bits per heavy atom. The molecular formula is C14H23FO3Si. The minimum atomic E-state index is -2.42. The van der Waals surface area contributed by atoms with Crippen molar-refractivity contribution in [3.63, 3.8) is 0 Å². The van der Waals surface area contributed by atoms with Gasteiger partial charge in [-0.2, -0.15) is 0 Å². The number of halogens is 1. The fourth-order valence-electron chi connectivity index (χ4n) is 2.10. The Hall–Kier alpha value is -0.753. The molecule has 0 aliphatic carbocycles. The molecule has 0 heterocycles. The summed E-state index contributed by atoms with van der Waals surface area (Å²) in [7, 11) is 2.48. The first kappa shape index (κ1) is 16.3. The molecule has 0 unspecified atom stereocenters. The first-order valence-corrected chi connectivity index (χ1v) is 8.49. The van der Waals surface area contributed by atoms with E-state index in [-0.39, 0.29) is 5.82 Å². The van der Waals surface area contributed by atoms with Crippen molar-refractivity contribution in [1.82, 2.24) is 0 Å². The van der Waals surface area contributed by atoms with Crippen LogP contribution in [-0.2, 0) is 19.7 Å². The number of benzene rings is 1. The van der Waals surface area contributed by atoms with E-state index in [9.17, 15) is 4.39 Å². The Morgan fingerprint density at radius 1 is 1.00 bits per heavy atom. The second-order valence-corrected chi connectivity index (χ2v) is 7.58. The van der Waals surface area contributed by atoms with Crippen molar-refractivity contribution in [2.24, 2.45) is 0 Å². The van der Waals surface area contributed by atoms with Gasteiger partial charge >= 0.3 is 8.80 Å². The lowest BCUT2D eigenvalue weighted by molar-refractivity contribution is 0.122. The van der Waals surface area contributed by atoms with E-state index in [4.69, 9.17) is 13.3 Å². The van der Waals surface area contributed by atoms with Crippen LogP contribution >= 0.6 is 0 Å². The van der Waals surface area contributed by atoms with Gasteiger partial charge in [-0.3, -0.25) is 0 Å². The van der Waals surface area contributed by atoms with E-state index in [2.05, 4.69) is 0 Å². The highest BCUT2D eigenvalue weighted by molar-refractivity contribution is 6.60. The fraction of sp³-hybridized carbons (Fsp3) is 0.571. The Kier molecular flexibility index (Phi) is 7.23. The number of unbranched alkanes of at least 4 members (excludes halogenated alkanes) is 2. The summed E-state index contributed by atoms with van der Waals surface area (Å²) in [5.74, 6) is -0.165. The summed E-state index contributed by atoms with van der Waals surface area (Å²) in [6.45, 7) is 0. The molecule has 3 nitrogen and oxygen atoms in total. The summed E-state index contributed by atoms with van der Waals surface area (Å²) in [6, 6.07) is 7.60. The largest absolute Gasteiger partial charge is 0.500 e. The van der Waals surface area contributed by atoms with Crippen molar-refractivity contribution in [2.45, 2.75) is 31.7 Å². The maximum absolute atomic E-state index is 13.0. The zero-order valence-electron chi connectivity index (χ0n) is 11.9. The molecule has 0 fully saturated rings. The van der Waals surface area contributed by atoms with E-state index in [0.29, 0.717) is 0 Å². The minimum absolute atomic E-state index is 0.165. The van der Waals surface area contributed by atoms with E-state index in [1.807, 2.05) is 6.07 Å². The Morgan fingerprint density at radius 2 is 1.68 bits per heavy atom. The van der Waals surface area contributed by atoms with Crippen molar-refractivity contribution in [3.05, 3.63) is 35.6 Å². The average Bonchev–Trinajstić information content (AvgIpc) is 2.44. The van der Waals surface area contributed by atoms with Gasteiger partial charge in [0.2, 0.25) is 0 Å². The Balaban J connectivity index is 2.24. The molecule has 5 heteroatoms. The van der Waals surface area contributed by atoms with Gasteiger partial charge in [-0.1, -0.05) is 18.6 Å². The lowest BCUT2D eigenvalue weighted by Crippen LogP contribution is -2.42. The van der Waals surface area contributed by atoms with Gasteiger partial charge in [0.25, 0.3) is 0 Å². The molecule has 0 saturated heterocycles. The van der Waals surface area contributed by atoms with Crippen molar-refractivity contribution in [2.75, 3.05) is 21.3 Å². The summed E-state index contributed by atoms with van der Waals surface area (Å²) < 4.78 is 29.1. The van der Waals surface area contributed by atoms with Crippen molar-refractivity contribution >= 4 is 8.80 Å². The highest BCUT2D eigenvalue weighted by Gasteiger charge is 2.36. The van der Waals surface area contributed by atoms with E-state index in [1.54, 1.807) is 33.5 Å². The second kappa shape index (κ2) is 8.42. The Bertz CT molecular complexity index is 361. The van der Waals surface area contributed by atoms with Gasteiger partial charge in [0, 0.05) is 27.4 Å². The highest BCUT2D eigenvalue weighted by atomic mass is 28.4. The topological polar surface area (TPSA) is 27.7 Å². The van der Waals surface area contributed by atoms with Gasteiger partial charge in [-0.25, -0.2) is 4.39 Å². The van der Waals surface area contributed by atoms with Crippen LogP contribution in [0.5, 0.6) is 0 Å². The molecule has 1 aromatic rings. The fourth-order valence-corrected chi connectivity index (χ4v) is 3.89. The van der Waals surface area contributed by atoms with Gasteiger partial charge in [-0.15, -0.1) is 0 Å². The smallest absolute Gasteiger partial charge is 0.377 e. The van der Waals surface area contributed by atoms with Gasteiger partial charge in [0.05, 0.1) is 0 Å². The normalized spacial score (nSPS) is 11.8. The van der Waals surface area contributed by atoms with Crippen LogP contribution in [0.15, 0.2) is 24.3 Å². The Labute approximate surface area is 116 Å². The van der Waals surface area contributed by atoms with Gasteiger partial charge in [0.15, 0.2) is 0 Å². The van der Waals surface area contributed by atoms with Crippen LogP contribution in [0, 0.1) is 5.82 Å². The number of rotatable bonds is 9. The molecule has 0 aliphatic heterocycles. The third-order valence-corrected chi connectivity index (χ3v) is 6.10. The SMILES string of the molecule is CO[Si](CCCCCc1cccc(F)c1)(OC)OC. The molecule has 0 radical (unpaired) electrons. The van der Waals surface area contributed by atoms with E-state index >= 15 is 0 Å². The quantitative estimate of drug-likeness (QED) is 0.514. The average molecular weight is 286 g/mol. The molecule has 108 valence electrons. The molecule has 0 amide bonds. The van der Waals surface area contributed by atoms with E-state index in [0.717, 1.165) is 37.3 Å². The third kappa shape index (κ3) is 5.40. The number of hydrogen-bond acceptors (Lipinski definition) is 3. The molecule has 0 aromatic heterocycles. The molecular weight excluding hydrogens is 263 g/mol.